The molecule has 2 rings (SSSR count). The summed E-state index contributed by atoms with van der Waals surface area (Å²) in [5, 5.41) is 12.0. The Morgan fingerprint density at radius 3 is 2.45 bits per heavy atom. The van der Waals surface area contributed by atoms with Crippen molar-refractivity contribution in [2.45, 2.75) is 6.42 Å². The van der Waals surface area contributed by atoms with Gasteiger partial charge in [-0.05, 0) is 36.3 Å². The first-order valence-corrected chi connectivity index (χ1v) is 9.03. The summed E-state index contributed by atoms with van der Waals surface area (Å²) in [4.78, 5) is 12.2. The molecule has 0 unspecified atom stereocenters. The minimum Gasteiger partial charge on any atom is -0.496 e. The monoisotopic (exact) mass is 392 g/mol. The Balaban J connectivity index is 1.95. The van der Waals surface area contributed by atoms with E-state index in [2.05, 4.69) is 5.32 Å². The van der Waals surface area contributed by atoms with Gasteiger partial charge in [0, 0.05) is 12.1 Å². The van der Waals surface area contributed by atoms with E-state index in [1.165, 1.54) is 6.08 Å². The molecule has 150 valence electrons. The summed E-state index contributed by atoms with van der Waals surface area (Å²) in [6.45, 7) is 0.392. The van der Waals surface area contributed by atoms with Crippen LogP contribution in [-0.2, 0) is 11.2 Å². The SMILES string of the molecule is COc1ccccc1C=CC=C(C#N)C(=O)NCCc1ccc(OC)c(OC)c1. The van der Waals surface area contributed by atoms with Crippen molar-refractivity contribution in [1.29, 1.82) is 5.26 Å². The third kappa shape index (κ3) is 6.15. The molecule has 0 saturated carbocycles. The lowest BCUT2D eigenvalue weighted by atomic mass is 10.1. The van der Waals surface area contributed by atoms with Gasteiger partial charge in [-0.1, -0.05) is 36.4 Å². The van der Waals surface area contributed by atoms with Gasteiger partial charge in [0.2, 0.25) is 0 Å². The number of ether oxygens (including phenoxy) is 3. The van der Waals surface area contributed by atoms with Crippen LogP contribution in [0.2, 0.25) is 0 Å². The second kappa shape index (κ2) is 11.2. The Morgan fingerprint density at radius 1 is 1.03 bits per heavy atom. The van der Waals surface area contributed by atoms with E-state index in [0.717, 1.165) is 16.9 Å². The zero-order valence-corrected chi connectivity index (χ0v) is 16.8. The molecule has 6 nitrogen and oxygen atoms in total. The quantitative estimate of drug-likeness (QED) is 0.401. The fourth-order valence-corrected chi connectivity index (χ4v) is 2.67. The molecule has 0 bridgehead atoms. The average molecular weight is 392 g/mol. The molecule has 1 amide bonds. The second-order valence-corrected chi connectivity index (χ2v) is 5.99. The summed E-state index contributed by atoms with van der Waals surface area (Å²) < 4.78 is 15.8. The van der Waals surface area contributed by atoms with E-state index >= 15 is 0 Å². The lowest BCUT2D eigenvalue weighted by molar-refractivity contribution is -0.117. The van der Waals surface area contributed by atoms with Crippen molar-refractivity contribution in [1.82, 2.24) is 5.32 Å². The number of nitriles is 1. The maximum Gasteiger partial charge on any atom is 0.261 e. The van der Waals surface area contributed by atoms with Gasteiger partial charge in [-0.25, -0.2) is 0 Å². The van der Waals surface area contributed by atoms with Crippen LogP contribution in [-0.4, -0.2) is 33.8 Å². The molecule has 0 heterocycles. The molecule has 0 saturated heterocycles. The number of benzene rings is 2. The van der Waals surface area contributed by atoms with E-state index in [-0.39, 0.29) is 5.57 Å². The van der Waals surface area contributed by atoms with Gasteiger partial charge in [-0.15, -0.1) is 0 Å². The molecule has 0 aromatic heterocycles. The summed E-state index contributed by atoms with van der Waals surface area (Å²) in [5.41, 5.74) is 1.88. The highest BCUT2D eigenvalue weighted by atomic mass is 16.5. The Labute approximate surface area is 171 Å². The third-order valence-corrected chi connectivity index (χ3v) is 4.19. The highest BCUT2D eigenvalue weighted by Crippen LogP contribution is 2.27. The molecule has 0 atom stereocenters. The van der Waals surface area contributed by atoms with Crippen LogP contribution in [0.4, 0.5) is 0 Å². The zero-order chi connectivity index (χ0) is 21.1. The molecule has 0 aliphatic carbocycles. The van der Waals surface area contributed by atoms with Crippen molar-refractivity contribution in [3.8, 4) is 23.3 Å². The predicted molar refractivity (Wildman–Crippen MR) is 112 cm³/mol. The van der Waals surface area contributed by atoms with Crippen molar-refractivity contribution in [3.05, 3.63) is 71.3 Å². The molecule has 0 aliphatic heterocycles. The summed E-state index contributed by atoms with van der Waals surface area (Å²) in [6, 6.07) is 15.0. The molecule has 2 aromatic rings. The van der Waals surface area contributed by atoms with Crippen LogP contribution in [0.3, 0.4) is 0 Å². The van der Waals surface area contributed by atoms with Crippen LogP contribution < -0.4 is 19.5 Å². The number of carbonyl (C=O) groups excluding carboxylic acids is 1. The molecular weight excluding hydrogens is 368 g/mol. The maximum absolute atomic E-state index is 12.2. The lowest BCUT2D eigenvalue weighted by Crippen LogP contribution is -2.26. The van der Waals surface area contributed by atoms with Crippen LogP contribution in [0.5, 0.6) is 17.2 Å². The Bertz CT molecular complexity index is 942. The number of amides is 1. The van der Waals surface area contributed by atoms with E-state index in [9.17, 15) is 10.1 Å². The molecular formula is C23H24N2O4. The average Bonchev–Trinajstić information content (AvgIpc) is 2.76. The summed E-state index contributed by atoms with van der Waals surface area (Å²) >= 11 is 0. The number of para-hydroxylation sites is 1. The van der Waals surface area contributed by atoms with Gasteiger partial charge < -0.3 is 19.5 Å². The van der Waals surface area contributed by atoms with E-state index in [0.29, 0.717) is 24.5 Å². The third-order valence-electron chi connectivity index (χ3n) is 4.19. The van der Waals surface area contributed by atoms with Gasteiger partial charge in [0.05, 0.1) is 21.3 Å². The highest BCUT2D eigenvalue weighted by molar-refractivity contribution is 5.97. The van der Waals surface area contributed by atoms with E-state index < -0.39 is 5.91 Å². The van der Waals surface area contributed by atoms with Crippen LogP contribution in [0.25, 0.3) is 6.08 Å². The Hall–Kier alpha value is -3.72. The van der Waals surface area contributed by atoms with Crippen molar-refractivity contribution >= 4 is 12.0 Å². The standard InChI is InChI=1S/C23H24N2O4/c1-27-20-10-5-4-7-18(20)8-6-9-19(16-24)23(26)25-14-13-17-11-12-21(28-2)22(15-17)29-3/h4-12,15H,13-14H2,1-3H3,(H,25,26). The number of hydrogen-bond donors (Lipinski definition) is 1. The van der Waals surface area contributed by atoms with Gasteiger partial charge in [0.15, 0.2) is 11.5 Å². The molecule has 0 fully saturated rings. The molecule has 0 radical (unpaired) electrons. The van der Waals surface area contributed by atoms with Crippen LogP contribution in [0.1, 0.15) is 11.1 Å². The van der Waals surface area contributed by atoms with E-state index in [1.807, 2.05) is 48.5 Å². The number of nitrogens with one attached hydrogen (secondary N) is 1. The molecule has 1 N–H and O–H groups in total. The van der Waals surface area contributed by atoms with Gasteiger partial charge >= 0.3 is 0 Å². The molecule has 29 heavy (non-hydrogen) atoms. The predicted octanol–water partition coefficient (Wildman–Crippen LogP) is 3.53. The summed E-state index contributed by atoms with van der Waals surface area (Å²) in [6.07, 6.45) is 5.53. The van der Waals surface area contributed by atoms with Crippen molar-refractivity contribution in [2.75, 3.05) is 27.9 Å². The number of carbonyl (C=O) groups is 1. The fourth-order valence-electron chi connectivity index (χ4n) is 2.67. The summed E-state index contributed by atoms with van der Waals surface area (Å²) in [5.74, 6) is 1.58. The minimum absolute atomic E-state index is 0.0310. The molecule has 6 heteroatoms. The molecule has 0 aliphatic rings. The normalized spacial score (nSPS) is 11.0. The topological polar surface area (TPSA) is 80.6 Å². The number of hydrogen-bond acceptors (Lipinski definition) is 5. The zero-order valence-electron chi connectivity index (χ0n) is 16.8. The Kier molecular flexibility index (Phi) is 8.33. The van der Waals surface area contributed by atoms with Crippen LogP contribution >= 0.6 is 0 Å². The second-order valence-electron chi connectivity index (χ2n) is 5.99. The summed E-state index contributed by atoms with van der Waals surface area (Å²) in [7, 11) is 4.75. The first kappa shape index (κ1) is 21.6. The maximum atomic E-state index is 12.2. The first-order valence-electron chi connectivity index (χ1n) is 9.03. The number of methoxy groups -OCH3 is 3. The number of allylic oxidation sites excluding steroid dienone is 2. The van der Waals surface area contributed by atoms with E-state index in [1.54, 1.807) is 33.5 Å². The molecule has 2 aromatic carbocycles. The van der Waals surface area contributed by atoms with Crippen LogP contribution in [0.15, 0.2) is 60.2 Å². The molecule has 0 spiro atoms. The van der Waals surface area contributed by atoms with Crippen molar-refractivity contribution in [2.24, 2.45) is 0 Å². The largest absolute Gasteiger partial charge is 0.496 e. The van der Waals surface area contributed by atoms with Gasteiger partial charge in [-0.3, -0.25) is 4.79 Å². The Morgan fingerprint density at radius 2 is 1.76 bits per heavy atom. The smallest absolute Gasteiger partial charge is 0.261 e. The van der Waals surface area contributed by atoms with Crippen molar-refractivity contribution in [3.63, 3.8) is 0 Å². The number of rotatable bonds is 9. The highest BCUT2D eigenvalue weighted by Gasteiger charge is 2.08. The van der Waals surface area contributed by atoms with Gasteiger partial charge in [-0.2, -0.15) is 5.26 Å². The fraction of sp³-hybridized carbons (Fsp3) is 0.217. The van der Waals surface area contributed by atoms with Gasteiger partial charge in [0.25, 0.3) is 5.91 Å². The minimum atomic E-state index is -0.419. The first-order chi connectivity index (χ1) is 14.1. The van der Waals surface area contributed by atoms with Gasteiger partial charge in [0.1, 0.15) is 17.4 Å². The van der Waals surface area contributed by atoms with E-state index in [4.69, 9.17) is 14.2 Å². The number of nitrogens with zero attached hydrogens (tertiary/aromatic N) is 1. The van der Waals surface area contributed by atoms with Crippen molar-refractivity contribution < 1.29 is 19.0 Å². The van der Waals surface area contributed by atoms with Crippen LogP contribution in [0, 0.1) is 11.3 Å². The lowest BCUT2D eigenvalue weighted by Gasteiger charge is -2.10.